The molecular formula is C24H21N3O2S. The number of rotatable bonds is 6. The summed E-state index contributed by atoms with van der Waals surface area (Å²) in [4.78, 5) is 13.9. The third kappa shape index (κ3) is 3.77. The van der Waals surface area contributed by atoms with Gasteiger partial charge in [-0.25, -0.2) is 0 Å². The van der Waals surface area contributed by atoms with E-state index in [0.717, 1.165) is 15.6 Å². The number of nitrogens with two attached hydrogens (primary N) is 1. The summed E-state index contributed by atoms with van der Waals surface area (Å²) in [6, 6.07) is 21.0. The number of amides is 1. The van der Waals surface area contributed by atoms with Gasteiger partial charge in [-0.2, -0.15) is 0 Å². The lowest BCUT2D eigenvalue weighted by molar-refractivity contribution is 0.0948. The molecule has 0 spiro atoms. The van der Waals surface area contributed by atoms with Crippen molar-refractivity contribution >= 4 is 39.4 Å². The number of benzene rings is 3. The molecule has 0 saturated heterocycles. The van der Waals surface area contributed by atoms with Crippen molar-refractivity contribution in [2.24, 2.45) is 0 Å². The summed E-state index contributed by atoms with van der Waals surface area (Å²) < 4.78 is 5.57. The van der Waals surface area contributed by atoms with E-state index in [2.05, 4.69) is 5.32 Å². The van der Waals surface area contributed by atoms with E-state index in [1.807, 2.05) is 60.0 Å². The molecule has 4 N–H and O–H groups in total. The highest BCUT2D eigenvalue weighted by Crippen LogP contribution is 2.32. The predicted molar refractivity (Wildman–Crippen MR) is 123 cm³/mol. The smallest absolute Gasteiger partial charge is 0.255 e. The van der Waals surface area contributed by atoms with Crippen LogP contribution in [0.1, 0.15) is 26.4 Å². The lowest BCUT2D eigenvalue weighted by atomic mass is 9.95. The van der Waals surface area contributed by atoms with Crippen molar-refractivity contribution in [2.45, 2.75) is 6.54 Å². The molecule has 0 saturated carbocycles. The summed E-state index contributed by atoms with van der Waals surface area (Å²) in [6.45, 7) is 0.432. The fraction of sp³-hybridized carbons (Fsp3) is 0.0833. The van der Waals surface area contributed by atoms with Crippen LogP contribution in [0.3, 0.4) is 0 Å². The molecule has 30 heavy (non-hydrogen) atoms. The van der Waals surface area contributed by atoms with Crippen molar-refractivity contribution in [1.29, 1.82) is 5.41 Å². The molecule has 0 radical (unpaired) electrons. The Hall–Kier alpha value is -3.64. The normalized spacial score (nSPS) is 10.7. The minimum absolute atomic E-state index is 0.211. The molecule has 0 aliphatic heterocycles. The van der Waals surface area contributed by atoms with Gasteiger partial charge >= 0.3 is 0 Å². The lowest BCUT2D eigenvalue weighted by Gasteiger charge is -2.17. The van der Waals surface area contributed by atoms with E-state index in [0.29, 0.717) is 34.7 Å². The van der Waals surface area contributed by atoms with Gasteiger partial charge < -0.3 is 15.8 Å². The SMILES string of the molecule is COc1c(C(=O)NCc2cccs2)ccc(N)c1C(=N)c1ccc2ccccc2c1. The van der Waals surface area contributed by atoms with Crippen LogP contribution in [0, 0.1) is 5.41 Å². The number of anilines is 1. The van der Waals surface area contributed by atoms with Crippen LogP contribution in [0.15, 0.2) is 72.1 Å². The molecule has 0 aliphatic carbocycles. The molecule has 1 amide bonds. The molecule has 4 rings (SSSR count). The number of ether oxygens (including phenoxy) is 1. The zero-order chi connectivity index (χ0) is 21.1. The third-order valence-electron chi connectivity index (χ3n) is 4.93. The standard InChI is InChI=1S/C24H21N3O2S/c1-29-23-19(24(28)27-14-18-7-4-12-30-18)10-11-20(25)21(23)22(26)17-9-8-15-5-2-3-6-16(15)13-17/h2-13,26H,14,25H2,1H3,(H,27,28). The molecule has 0 atom stereocenters. The minimum atomic E-state index is -0.271. The molecule has 0 fully saturated rings. The quantitative estimate of drug-likeness (QED) is 0.311. The molecule has 3 aromatic carbocycles. The topological polar surface area (TPSA) is 88.2 Å². The highest BCUT2D eigenvalue weighted by molar-refractivity contribution is 7.09. The molecule has 1 heterocycles. The summed E-state index contributed by atoms with van der Waals surface area (Å²) in [5.74, 6) is 0.0321. The average Bonchev–Trinajstić information content (AvgIpc) is 3.30. The van der Waals surface area contributed by atoms with Crippen LogP contribution in [0.25, 0.3) is 10.8 Å². The van der Waals surface area contributed by atoms with Gasteiger partial charge in [0.15, 0.2) is 0 Å². The van der Waals surface area contributed by atoms with Gasteiger partial charge in [-0.05, 0) is 40.4 Å². The molecule has 0 aliphatic rings. The molecule has 5 nitrogen and oxygen atoms in total. The number of carbonyl (C=O) groups is 1. The summed E-state index contributed by atoms with van der Waals surface area (Å²) >= 11 is 1.58. The van der Waals surface area contributed by atoms with E-state index in [1.165, 1.54) is 7.11 Å². The monoisotopic (exact) mass is 415 g/mol. The molecule has 6 heteroatoms. The van der Waals surface area contributed by atoms with Gasteiger partial charge in [0.25, 0.3) is 5.91 Å². The van der Waals surface area contributed by atoms with E-state index in [1.54, 1.807) is 23.5 Å². The maximum Gasteiger partial charge on any atom is 0.255 e. The highest BCUT2D eigenvalue weighted by atomic mass is 32.1. The van der Waals surface area contributed by atoms with Crippen LogP contribution in [0.4, 0.5) is 5.69 Å². The number of methoxy groups -OCH3 is 1. The van der Waals surface area contributed by atoms with E-state index < -0.39 is 0 Å². The van der Waals surface area contributed by atoms with Gasteiger partial charge in [-0.15, -0.1) is 11.3 Å². The van der Waals surface area contributed by atoms with Gasteiger partial charge in [-0.3, -0.25) is 10.2 Å². The minimum Gasteiger partial charge on any atom is -0.495 e. The second-order valence-corrected chi connectivity index (χ2v) is 7.84. The largest absolute Gasteiger partial charge is 0.495 e. The third-order valence-corrected chi connectivity index (χ3v) is 5.81. The Morgan fingerprint density at radius 3 is 2.60 bits per heavy atom. The first-order valence-corrected chi connectivity index (χ1v) is 10.3. The highest BCUT2D eigenvalue weighted by Gasteiger charge is 2.22. The number of nitrogens with one attached hydrogen (secondary N) is 2. The fourth-order valence-corrected chi connectivity index (χ4v) is 4.06. The molecule has 1 aromatic heterocycles. The van der Waals surface area contributed by atoms with Gasteiger partial charge in [0.2, 0.25) is 0 Å². The fourth-order valence-electron chi connectivity index (χ4n) is 3.41. The van der Waals surface area contributed by atoms with E-state index in [9.17, 15) is 4.79 Å². The van der Waals surface area contributed by atoms with Gasteiger partial charge in [0.05, 0.1) is 30.5 Å². The predicted octanol–water partition coefficient (Wildman–Crippen LogP) is 4.84. The molecular weight excluding hydrogens is 394 g/mol. The number of thiophene rings is 1. The maximum absolute atomic E-state index is 12.8. The second kappa shape index (κ2) is 8.39. The molecule has 150 valence electrons. The van der Waals surface area contributed by atoms with Gasteiger partial charge in [0.1, 0.15) is 5.75 Å². The lowest BCUT2D eigenvalue weighted by Crippen LogP contribution is -2.24. The van der Waals surface area contributed by atoms with E-state index >= 15 is 0 Å². The number of hydrogen-bond donors (Lipinski definition) is 3. The van der Waals surface area contributed by atoms with Crippen molar-refractivity contribution in [1.82, 2.24) is 5.32 Å². The Morgan fingerprint density at radius 2 is 1.87 bits per heavy atom. The zero-order valence-electron chi connectivity index (χ0n) is 16.4. The van der Waals surface area contributed by atoms with Crippen LogP contribution in [-0.4, -0.2) is 18.7 Å². The van der Waals surface area contributed by atoms with Crippen molar-refractivity contribution in [2.75, 3.05) is 12.8 Å². The van der Waals surface area contributed by atoms with Crippen LogP contribution >= 0.6 is 11.3 Å². The number of nitrogen functional groups attached to an aromatic ring is 1. The number of fused-ring (bicyclic) bond motifs is 1. The van der Waals surface area contributed by atoms with Crippen LogP contribution in [-0.2, 0) is 6.54 Å². The Kier molecular flexibility index (Phi) is 5.50. The molecule has 0 bridgehead atoms. The Labute approximate surface area is 178 Å². The van der Waals surface area contributed by atoms with Crippen molar-refractivity contribution < 1.29 is 9.53 Å². The summed E-state index contributed by atoms with van der Waals surface area (Å²) in [7, 11) is 1.49. The summed E-state index contributed by atoms with van der Waals surface area (Å²) in [5.41, 5.74) is 8.28. The Balaban J connectivity index is 1.70. The van der Waals surface area contributed by atoms with Crippen molar-refractivity contribution in [3.8, 4) is 5.75 Å². The maximum atomic E-state index is 12.8. The molecule has 0 unspecified atom stereocenters. The Bertz CT molecular complexity index is 1230. The van der Waals surface area contributed by atoms with Crippen LogP contribution in [0.2, 0.25) is 0 Å². The van der Waals surface area contributed by atoms with Crippen LogP contribution in [0.5, 0.6) is 5.75 Å². The first-order valence-electron chi connectivity index (χ1n) is 9.43. The van der Waals surface area contributed by atoms with Crippen molar-refractivity contribution in [3.63, 3.8) is 0 Å². The Morgan fingerprint density at radius 1 is 1.07 bits per heavy atom. The zero-order valence-corrected chi connectivity index (χ0v) is 17.3. The summed E-state index contributed by atoms with van der Waals surface area (Å²) in [5, 5.41) is 15.8. The van der Waals surface area contributed by atoms with Crippen molar-refractivity contribution in [3.05, 3.63) is 93.7 Å². The van der Waals surface area contributed by atoms with Gasteiger partial charge in [-0.1, -0.05) is 42.5 Å². The van der Waals surface area contributed by atoms with Crippen LogP contribution < -0.4 is 15.8 Å². The first kappa shape index (κ1) is 19.7. The molecule has 4 aromatic rings. The number of carbonyl (C=O) groups excluding carboxylic acids is 1. The van der Waals surface area contributed by atoms with Gasteiger partial charge in [0, 0.05) is 16.1 Å². The van der Waals surface area contributed by atoms with E-state index in [-0.39, 0.29) is 11.6 Å². The average molecular weight is 416 g/mol. The summed E-state index contributed by atoms with van der Waals surface area (Å²) in [6.07, 6.45) is 0. The first-order chi connectivity index (χ1) is 14.6. The second-order valence-electron chi connectivity index (χ2n) is 6.81. The van der Waals surface area contributed by atoms with E-state index in [4.69, 9.17) is 15.9 Å². The number of hydrogen-bond acceptors (Lipinski definition) is 5.